The lowest BCUT2D eigenvalue weighted by Crippen LogP contribution is -2.49. The number of amides is 4. The van der Waals surface area contributed by atoms with Gasteiger partial charge in [-0.3, -0.25) is 14.9 Å². The van der Waals surface area contributed by atoms with Gasteiger partial charge in [0.15, 0.2) is 0 Å². The molecule has 0 bridgehead atoms. The molecule has 4 amide bonds. The molecule has 1 aromatic carbocycles. The molecule has 6 nitrogen and oxygen atoms in total. The van der Waals surface area contributed by atoms with Gasteiger partial charge in [-0.1, -0.05) is 11.6 Å². The summed E-state index contributed by atoms with van der Waals surface area (Å²) in [5.41, 5.74) is -0.545. The van der Waals surface area contributed by atoms with Gasteiger partial charge in [0.25, 0.3) is 11.8 Å². The van der Waals surface area contributed by atoms with E-state index in [0.29, 0.717) is 28.0 Å². The van der Waals surface area contributed by atoms with E-state index in [4.69, 9.17) is 11.6 Å². The summed E-state index contributed by atoms with van der Waals surface area (Å²) in [6.07, 6.45) is 0.403. The standard InChI is InChI=1S/C13H11BrClN3O3/c14-8-2-1-7(5-9(8)15)10(19)18-4-3-13(6-18)11(20)16-12(21)17-13/h1-2,5H,3-4,6H2,(H2,16,17,20,21). The van der Waals surface area contributed by atoms with Crippen molar-refractivity contribution >= 4 is 45.4 Å². The molecule has 8 heteroatoms. The number of imide groups is 1. The molecule has 1 atom stereocenters. The zero-order chi connectivity index (χ0) is 15.2. The molecule has 1 aromatic rings. The Morgan fingerprint density at radius 3 is 2.76 bits per heavy atom. The summed E-state index contributed by atoms with van der Waals surface area (Å²) in [5, 5.41) is 5.27. The number of urea groups is 1. The summed E-state index contributed by atoms with van der Waals surface area (Å²) in [5.74, 6) is -0.591. The number of hydrogen-bond acceptors (Lipinski definition) is 3. The van der Waals surface area contributed by atoms with Crippen LogP contribution in [0.5, 0.6) is 0 Å². The number of carbonyl (C=O) groups excluding carboxylic acids is 3. The summed E-state index contributed by atoms with van der Waals surface area (Å²) < 4.78 is 0.709. The number of likely N-dealkylation sites (tertiary alicyclic amines) is 1. The molecule has 2 aliphatic heterocycles. The molecule has 3 rings (SSSR count). The first-order valence-corrected chi connectivity index (χ1v) is 7.46. The Kier molecular flexibility index (Phi) is 3.41. The van der Waals surface area contributed by atoms with Crippen molar-refractivity contribution in [1.82, 2.24) is 15.5 Å². The van der Waals surface area contributed by atoms with Crippen LogP contribution in [0.15, 0.2) is 22.7 Å². The normalized spacial score (nSPS) is 24.4. The second-order valence-corrected chi connectivity index (χ2v) is 6.36. The van der Waals surface area contributed by atoms with Crippen molar-refractivity contribution in [2.24, 2.45) is 0 Å². The molecule has 1 unspecified atom stereocenters. The summed E-state index contributed by atoms with van der Waals surface area (Å²) in [6, 6.07) is 4.43. The van der Waals surface area contributed by atoms with Crippen molar-refractivity contribution in [3.63, 3.8) is 0 Å². The van der Waals surface area contributed by atoms with Gasteiger partial charge < -0.3 is 10.2 Å². The van der Waals surface area contributed by atoms with Crippen molar-refractivity contribution in [3.8, 4) is 0 Å². The summed E-state index contributed by atoms with van der Waals surface area (Å²) in [7, 11) is 0. The van der Waals surface area contributed by atoms with Crippen molar-refractivity contribution < 1.29 is 14.4 Å². The minimum absolute atomic E-state index is 0.164. The molecule has 0 saturated carbocycles. The predicted molar refractivity (Wildman–Crippen MR) is 79.1 cm³/mol. The highest BCUT2D eigenvalue weighted by molar-refractivity contribution is 9.10. The van der Waals surface area contributed by atoms with Crippen molar-refractivity contribution in [2.45, 2.75) is 12.0 Å². The lowest BCUT2D eigenvalue weighted by Gasteiger charge is -2.21. The lowest BCUT2D eigenvalue weighted by atomic mass is 9.99. The van der Waals surface area contributed by atoms with Gasteiger partial charge in [0.2, 0.25) is 0 Å². The number of hydrogen-bond donors (Lipinski definition) is 2. The van der Waals surface area contributed by atoms with Gasteiger partial charge in [0.05, 0.1) is 11.6 Å². The second kappa shape index (κ2) is 4.99. The minimum atomic E-state index is -0.994. The Balaban J connectivity index is 1.80. The minimum Gasteiger partial charge on any atom is -0.336 e. The van der Waals surface area contributed by atoms with Crippen molar-refractivity contribution in [3.05, 3.63) is 33.3 Å². The van der Waals surface area contributed by atoms with Crippen LogP contribution in [0, 0.1) is 0 Å². The largest absolute Gasteiger partial charge is 0.336 e. The fourth-order valence-corrected chi connectivity index (χ4v) is 3.04. The number of carbonyl (C=O) groups is 3. The third-order valence-corrected chi connectivity index (χ3v) is 4.97. The lowest BCUT2D eigenvalue weighted by molar-refractivity contribution is -0.123. The summed E-state index contributed by atoms with van der Waals surface area (Å²) >= 11 is 9.26. The van der Waals surface area contributed by atoms with Crippen LogP contribution in [0.4, 0.5) is 4.79 Å². The van der Waals surface area contributed by atoms with Crippen LogP contribution in [0.25, 0.3) is 0 Å². The molecule has 2 N–H and O–H groups in total. The van der Waals surface area contributed by atoms with Gasteiger partial charge in [-0.15, -0.1) is 0 Å². The van der Waals surface area contributed by atoms with Gasteiger partial charge in [0, 0.05) is 16.6 Å². The molecule has 1 spiro atoms. The highest BCUT2D eigenvalue weighted by atomic mass is 79.9. The average Bonchev–Trinajstić information content (AvgIpc) is 2.97. The quantitative estimate of drug-likeness (QED) is 0.734. The van der Waals surface area contributed by atoms with E-state index in [9.17, 15) is 14.4 Å². The highest BCUT2D eigenvalue weighted by Gasteiger charge is 2.51. The van der Waals surface area contributed by atoms with Crippen LogP contribution in [0.3, 0.4) is 0 Å². The summed E-state index contributed by atoms with van der Waals surface area (Å²) in [4.78, 5) is 37.1. The van der Waals surface area contributed by atoms with E-state index in [1.807, 2.05) is 0 Å². The average molecular weight is 373 g/mol. The van der Waals surface area contributed by atoms with Gasteiger partial charge in [-0.2, -0.15) is 0 Å². The van der Waals surface area contributed by atoms with E-state index in [2.05, 4.69) is 26.6 Å². The topological polar surface area (TPSA) is 78.5 Å². The zero-order valence-electron chi connectivity index (χ0n) is 10.8. The first-order chi connectivity index (χ1) is 9.91. The van der Waals surface area contributed by atoms with E-state index in [1.54, 1.807) is 23.1 Å². The zero-order valence-corrected chi connectivity index (χ0v) is 13.1. The van der Waals surface area contributed by atoms with Crippen LogP contribution in [0.1, 0.15) is 16.8 Å². The smallest absolute Gasteiger partial charge is 0.322 e. The van der Waals surface area contributed by atoms with Crippen LogP contribution < -0.4 is 10.6 Å². The van der Waals surface area contributed by atoms with E-state index in [-0.39, 0.29) is 18.4 Å². The number of benzene rings is 1. The Morgan fingerprint density at radius 2 is 2.14 bits per heavy atom. The van der Waals surface area contributed by atoms with Crippen LogP contribution in [-0.2, 0) is 4.79 Å². The number of nitrogens with one attached hydrogen (secondary N) is 2. The highest BCUT2D eigenvalue weighted by Crippen LogP contribution is 2.28. The molecular formula is C13H11BrClN3O3. The molecule has 2 heterocycles. The third-order valence-electron chi connectivity index (χ3n) is 3.74. The molecule has 2 saturated heterocycles. The molecule has 0 radical (unpaired) electrons. The first kappa shape index (κ1) is 14.3. The van der Waals surface area contributed by atoms with Gasteiger partial charge in [-0.05, 0) is 40.5 Å². The monoisotopic (exact) mass is 371 g/mol. The van der Waals surface area contributed by atoms with Gasteiger partial charge >= 0.3 is 6.03 Å². The maximum absolute atomic E-state index is 12.4. The number of nitrogens with zero attached hydrogens (tertiary/aromatic N) is 1. The Labute approximate surface area is 133 Å². The predicted octanol–water partition coefficient (Wildman–Crippen LogP) is 1.53. The first-order valence-electron chi connectivity index (χ1n) is 6.29. The fourth-order valence-electron chi connectivity index (χ4n) is 2.61. The van der Waals surface area contributed by atoms with Crippen molar-refractivity contribution in [1.29, 1.82) is 0 Å². The molecule has 110 valence electrons. The fraction of sp³-hybridized carbons (Fsp3) is 0.308. The van der Waals surface area contributed by atoms with E-state index < -0.39 is 11.6 Å². The van der Waals surface area contributed by atoms with E-state index in [1.165, 1.54) is 0 Å². The Hall–Kier alpha value is -1.60. The summed E-state index contributed by atoms with van der Waals surface area (Å²) in [6.45, 7) is 0.567. The van der Waals surface area contributed by atoms with E-state index in [0.717, 1.165) is 0 Å². The molecule has 0 aliphatic carbocycles. The molecule has 2 fully saturated rings. The van der Waals surface area contributed by atoms with Crippen molar-refractivity contribution in [2.75, 3.05) is 13.1 Å². The third kappa shape index (κ3) is 2.40. The Bertz CT molecular complexity index is 666. The number of rotatable bonds is 1. The molecule has 2 aliphatic rings. The van der Waals surface area contributed by atoms with Crippen LogP contribution in [-0.4, -0.2) is 41.4 Å². The molecule has 0 aromatic heterocycles. The van der Waals surface area contributed by atoms with Gasteiger partial charge in [0.1, 0.15) is 5.54 Å². The SMILES string of the molecule is O=C1NC(=O)C2(CCN(C(=O)c3ccc(Br)c(Cl)c3)C2)N1. The van der Waals surface area contributed by atoms with Gasteiger partial charge in [-0.25, -0.2) is 4.79 Å². The molecule has 21 heavy (non-hydrogen) atoms. The maximum atomic E-state index is 12.4. The second-order valence-electron chi connectivity index (χ2n) is 5.10. The van der Waals surface area contributed by atoms with Crippen LogP contribution in [0.2, 0.25) is 5.02 Å². The van der Waals surface area contributed by atoms with E-state index >= 15 is 0 Å². The Morgan fingerprint density at radius 1 is 1.38 bits per heavy atom. The maximum Gasteiger partial charge on any atom is 0.322 e. The van der Waals surface area contributed by atoms with Crippen LogP contribution >= 0.6 is 27.5 Å². The molecular weight excluding hydrogens is 362 g/mol. The number of halogens is 2.